The van der Waals surface area contributed by atoms with Crippen LogP contribution < -0.4 is 5.73 Å². The minimum absolute atomic E-state index is 0.0144. The second kappa shape index (κ2) is 9.20. The van der Waals surface area contributed by atoms with Crippen LogP contribution in [0.25, 0.3) is 0 Å². The zero-order valence-electron chi connectivity index (χ0n) is 14.0. The summed E-state index contributed by atoms with van der Waals surface area (Å²) in [7, 11) is 2.02. The average molecular weight is 327 g/mol. The van der Waals surface area contributed by atoms with Gasteiger partial charge in [0.15, 0.2) is 0 Å². The first-order chi connectivity index (χ1) is 11.0. The van der Waals surface area contributed by atoms with Crippen LogP contribution in [-0.4, -0.2) is 80.3 Å². The molecule has 23 heavy (non-hydrogen) atoms. The summed E-state index contributed by atoms with van der Waals surface area (Å²) in [6.07, 6.45) is 5.66. The van der Waals surface area contributed by atoms with Crippen molar-refractivity contribution in [3.8, 4) is 0 Å². The number of hydrogen-bond acceptors (Lipinski definition) is 5. The maximum Gasteiger partial charge on any atom is 0.249 e. The van der Waals surface area contributed by atoms with E-state index in [1.54, 1.807) is 0 Å². The fourth-order valence-corrected chi connectivity index (χ4v) is 3.18. The van der Waals surface area contributed by atoms with Crippen molar-refractivity contribution in [2.75, 3.05) is 46.4 Å². The average Bonchev–Trinajstić information content (AvgIpc) is 2.52. The number of carbonyl (C=O) groups is 2. The summed E-state index contributed by atoms with van der Waals surface area (Å²) >= 11 is 0. The number of likely N-dealkylation sites (N-methyl/N-ethyl adjacent to an activating group) is 1. The van der Waals surface area contributed by atoms with Crippen LogP contribution in [0.4, 0.5) is 0 Å². The van der Waals surface area contributed by atoms with Crippen LogP contribution in [0, 0.1) is 0 Å². The highest BCUT2D eigenvalue weighted by Gasteiger charge is 2.25. The van der Waals surface area contributed by atoms with E-state index in [1.165, 1.54) is 11.3 Å². The number of ether oxygens (including phenoxy) is 2. The first kappa shape index (κ1) is 18.2. The monoisotopic (exact) mass is 327 g/mol. The predicted molar refractivity (Wildman–Crippen MR) is 85.8 cm³/mol. The van der Waals surface area contributed by atoms with E-state index in [-0.39, 0.29) is 31.3 Å². The number of amides is 2. The van der Waals surface area contributed by atoms with Gasteiger partial charge in [-0.15, -0.1) is 0 Å². The molecule has 1 aliphatic carbocycles. The molecular weight excluding hydrogens is 298 g/mol. The van der Waals surface area contributed by atoms with Gasteiger partial charge in [0.05, 0.1) is 25.4 Å². The van der Waals surface area contributed by atoms with Gasteiger partial charge in [0.1, 0.15) is 6.61 Å². The fraction of sp³-hybridized carbons (Fsp3) is 0.875. The van der Waals surface area contributed by atoms with Crippen molar-refractivity contribution in [3.63, 3.8) is 0 Å². The van der Waals surface area contributed by atoms with Gasteiger partial charge in [-0.2, -0.15) is 0 Å². The molecule has 132 valence electrons. The van der Waals surface area contributed by atoms with Crippen LogP contribution in [0.5, 0.6) is 0 Å². The van der Waals surface area contributed by atoms with Gasteiger partial charge in [0, 0.05) is 19.6 Å². The first-order valence-electron chi connectivity index (χ1n) is 8.52. The molecule has 1 saturated heterocycles. The molecule has 1 aliphatic heterocycles. The highest BCUT2D eigenvalue weighted by Crippen LogP contribution is 2.20. The Hall–Kier alpha value is -1.18. The van der Waals surface area contributed by atoms with Crippen LogP contribution in [0.15, 0.2) is 0 Å². The van der Waals surface area contributed by atoms with E-state index in [9.17, 15) is 9.59 Å². The van der Waals surface area contributed by atoms with Gasteiger partial charge in [-0.25, -0.2) is 0 Å². The number of hydrogen-bond donors (Lipinski definition) is 1. The zero-order chi connectivity index (χ0) is 16.7. The molecule has 1 atom stereocenters. The Labute approximate surface area is 138 Å². The number of carbonyl (C=O) groups excluding carboxylic acids is 2. The molecule has 7 nitrogen and oxygen atoms in total. The number of nitrogens with zero attached hydrogens (tertiary/aromatic N) is 2. The lowest BCUT2D eigenvalue weighted by Gasteiger charge is -2.33. The molecule has 1 saturated carbocycles. The van der Waals surface area contributed by atoms with Gasteiger partial charge >= 0.3 is 0 Å². The Morgan fingerprint density at radius 1 is 1.30 bits per heavy atom. The van der Waals surface area contributed by atoms with E-state index in [1.807, 2.05) is 7.05 Å². The van der Waals surface area contributed by atoms with Crippen molar-refractivity contribution < 1.29 is 19.1 Å². The molecule has 0 radical (unpaired) electrons. The summed E-state index contributed by atoms with van der Waals surface area (Å²) in [5, 5.41) is 0. The number of rotatable bonds is 7. The van der Waals surface area contributed by atoms with Crippen molar-refractivity contribution in [2.24, 2.45) is 5.73 Å². The normalized spacial score (nSPS) is 23.6. The molecule has 2 rings (SSSR count). The van der Waals surface area contributed by atoms with Crippen molar-refractivity contribution in [1.82, 2.24) is 9.80 Å². The molecule has 0 bridgehead atoms. The van der Waals surface area contributed by atoms with Crippen LogP contribution in [0.2, 0.25) is 0 Å². The van der Waals surface area contributed by atoms with Crippen LogP contribution in [0.1, 0.15) is 32.1 Å². The molecule has 2 fully saturated rings. The Morgan fingerprint density at radius 3 is 2.70 bits per heavy atom. The molecule has 2 amide bonds. The third-order valence-corrected chi connectivity index (χ3v) is 4.46. The Bertz CT molecular complexity index is 399. The van der Waals surface area contributed by atoms with E-state index in [4.69, 9.17) is 15.2 Å². The molecular formula is C16H29N3O4. The van der Waals surface area contributed by atoms with Crippen molar-refractivity contribution >= 4 is 11.8 Å². The summed E-state index contributed by atoms with van der Waals surface area (Å²) in [6, 6.07) is 0. The second-order valence-corrected chi connectivity index (χ2v) is 6.57. The van der Waals surface area contributed by atoms with Gasteiger partial charge in [0.2, 0.25) is 11.8 Å². The molecule has 0 spiro atoms. The van der Waals surface area contributed by atoms with Gasteiger partial charge in [-0.3, -0.25) is 9.59 Å². The summed E-state index contributed by atoms with van der Waals surface area (Å²) in [6.45, 7) is 2.56. The van der Waals surface area contributed by atoms with Gasteiger partial charge in [-0.05, 0) is 19.9 Å². The smallest absolute Gasteiger partial charge is 0.249 e. The first-order valence-corrected chi connectivity index (χ1v) is 8.52. The summed E-state index contributed by atoms with van der Waals surface area (Å²) in [4.78, 5) is 27.3. The van der Waals surface area contributed by atoms with Crippen molar-refractivity contribution in [2.45, 2.75) is 44.3 Å². The third-order valence-electron chi connectivity index (χ3n) is 4.46. The molecule has 0 aromatic carbocycles. The van der Waals surface area contributed by atoms with Crippen LogP contribution >= 0.6 is 0 Å². The lowest BCUT2D eigenvalue weighted by atomic mass is 9.98. The molecule has 1 heterocycles. The third kappa shape index (κ3) is 6.45. The quantitative estimate of drug-likeness (QED) is 0.710. The number of primary amides is 1. The van der Waals surface area contributed by atoms with E-state index in [2.05, 4.69) is 4.90 Å². The topological polar surface area (TPSA) is 85.1 Å². The minimum atomic E-state index is -0.514. The fourth-order valence-electron chi connectivity index (χ4n) is 3.18. The van der Waals surface area contributed by atoms with E-state index >= 15 is 0 Å². The van der Waals surface area contributed by atoms with Crippen molar-refractivity contribution in [3.05, 3.63) is 0 Å². The van der Waals surface area contributed by atoms with Crippen LogP contribution in [-0.2, 0) is 19.1 Å². The maximum atomic E-state index is 12.4. The zero-order valence-corrected chi connectivity index (χ0v) is 14.0. The van der Waals surface area contributed by atoms with Crippen LogP contribution in [0.3, 0.4) is 0 Å². The van der Waals surface area contributed by atoms with E-state index < -0.39 is 5.91 Å². The minimum Gasteiger partial charge on any atom is -0.374 e. The highest BCUT2D eigenvalue weighted by molar-refractivity contribution is 5.84. The molecule has 2 N–H and O–H groups in total. The number of nitrogens with two attached hydrogens (primary N) is 1. The number of morpholine rings is 1. The van der Waals surface area contributed by atoms with E-state index in [0.717, 1.165) is 38.8 Å². The summed E-state index contributed by atoms with van der Waals surface area (Å²) in [5.74, 6) is -0.702. The maximum absolute atomic E-state index is 12.4. The Balaban J connectivity index is 1.82. The standard InChI is InChI=1S/C16H29N3O4/c1-18-7-8-22-14(9-18)10-19(11-15(17)20)16(21)12-23-13-5-3-2-4-6-13/h13-14H,2-12H2,1H3,(H2,17,20)/t14-/m1/s1. The largest absolute Gasteiger partial charge is 0.374 e. The lowest BCUT2D eigenvalue weighted by molar-refractivity contribution is -0.144. The Kier molecular flexibility index (Phi) is 7.26. The molecule has 2 aliphatic rings. The highest BCUT2D eigenvalue weighted by atomic mass is 16.5. The summed E-state index contributed by atoms with van der Waals surface area (Å²) in [5.41, 5.74) is 5.28. The SMILES string of the molecule is CN1CCO[C@@H](CN(CC(N)=O)C(=O)COC2CCCCC2)C1. The van der Waals surface area contributed by atoms with Crippen molar-refractivity contribution in [1.29, 1.82) is 0 Å². The molecule has 0 unspecified atom stereocenters. The van der Waals surface area contributed by atoms with E-state index in [0.29, 0.717) is 13.2 Å². The molecule has 0 aromatic heterocycles. The second-order valence-electron chi connectivity index (χ2n) is 6.57. The molecule has 7 heteroatoms. The van der Waals surface area contributed by atoms with Gasteiger partial charge in [-0.1, -0.05) is 19.3 Å². The predicted octanol–water partition coefficient (Wildman–Crippen LogP) is -0.0198. The lowest BCUT2D eigenvalue weighted by Crippen LogP contribution is -2.50. The Morgan fingerprint density at radius 2 is 2.04 bits per heavy atom. The van der Waals surface area contributed by atoms with Gasteiger partial charge < -0.3 is 25.0 Å². The van der Waals surface area contributed by atoms with Gasteiger partial charge in [0.25, 0.3) is 0 Å². The summed E-state index contributed by atoms with van der Waals surface area (Å²) < 4.78 is 11.4. The molecule has 0 aromatic rings.